The van der Waals surface area contributed by atoms with Crippen molar-refractivity contribution < 1.29 is 18.3 Å². The third-order valence-electron chi connectivity index (χ3n) is 4.83. The number of carbonyl (C=O) groups is 1. The van der Waals surface area contributed by atoms with E-state index in [1.165, 1.54) is 6.08 Å². The normalized spacial score (nSPS) is 31.4. The Morgan fingerprint density at radius 2 is 1.91 bits per heavy atom. The fraction of sp³-hybridized carbons (Fsp3) is 0.733. The van der Waals surface area contributed by atoms with E-state index < -0.39 is 16.2 Å². The standard InChI is InChI=1S/C15H22N2O4S/c1-10-2-6-12(7-3-10)13-8-14(15(18)19)17(9-11-4-5-11)22(20,21)16-13/h8,10-12H,2-7,9H2,1H3,(H,18,19). The molecule has 0 aromatic carbocycles. The molecule has 0 aromatic heterocycles. The Morgan fingerprint density at radius 3 is 2.45 bits per heavy atom. The molecular formula is C15H22N2O4S. The number of aliphatic carboxylic acids is 1. The van der Waals surface area contributed by atoms with Gasteiger partial charge in [0.2, 0.25) is 0 Å². The number of hydrogen-bond acceptors (Lipinski definition) is 3. The van der Waals surface area contributed by atoms with Gasteiger partial charge in [0, 0.05) is 12.5 Å². The van der Waals surface area contributed by atoms with Gasteiger partial charge in [-0.1, -0.05) is 19.8 Å². The molecule has 0 aromatic rings. The van der Waals surface area contributed by atoms with E-state index in [0.29, 0.717) is 11.6 Å². The van der Waals surface area contributed by atoms with Gasteiger partial charge in [0.15, 0.2) is 0 Å². The number of rotatable bonds is 4. The largest absolute Gasteiger partial charge is 0.477 e. The summed E-state index contributed by atoms with van der Waals surface area (Å²) in [5.41, 5.74) is 0.284. The lowest BCUT2D eigenvalue weighted by Gasteiger charge is -2.30. The first-order valence-corrected chi connectivity index (χ1v) is 9.34. The zero-order chi connectivity index (χ0) is 15.9. The van der Waals surface area contributed by atoms with Crippen molar-refractivity contribution in [3.63, 3.8) is 0 Å². The van der Waals surface area contributed by atoms with Crippen molar-refractivity contribution in [3.8, 4) is 0 Å². The molecule has 2 saturated carbocycles. The maximum Gasteiger partial charge on any atom is 0.353 e. The van der Waals surface area contributed by atoms with Crippen molar-refractivity contribution in [1.29, 1.82) is 0 Å². The lowest BCUT2D eigenvalue weighted by Crippen LogP contribution is -2.39. The van der Waals surface area contributed by atoms with Crippen LogP contribution in [0.1, 0.15) is 45.4 Å². The van der Waals surface area contributed by atoms with E-state index in [2.05, 4.69) is 11.3 Å². The second-order valence-electron chi connectivity index (χ2n) is 6.76. The van der Waals surface area contributed by atoms with E-state index in [9.17, 15) is 18.3 Å². The first-order valence-electron chi connectivity index (χ1n) is 7.94. The minimum Gasteiger partial charge on any atom is -0.477 e. The second-order valence-corrected chi connectivity index (χ2v) is 8.28. The Bertz CT molecular complexity index is 626. The monoisotopic (exact) mass is 326 g/mol. The number of carboxylic acid groups (broad SMARTS) is 1. The van der Waals surface area contributed by atoms with Gasteiger partial charge in [-0.25, -0.2) is 9.10 Å². The van der Waals surface area contributed by atoms with Crippen molar-refractivity contribution in [1.82, 2.24) is 4.31 Å². The maximum absolute atomic E-state index is 12.4. The summed E-state index contributed by atoms with van der Waals surface area (Å²) >= 11 is 0. The minimum absolute atomic E-state index is 0.0587. The topological polar surface area (TPSA) is 87.0 Å². The van der Waals surface area contributed by atoms with Gasteiger partial charge in [-0.3, -0.25) is 0 Å². The Balaban J connectivity index is 1.88. The van der Waals surface area contributed by atoms with E-state index in [-0.39, 0.29) is 24.1 Å². The van der Waals surface area contributed by atoms with Crippen LogP contribution in [-0.4, -0.2) is 36.1 Å². The summed E-state index contributed by atoms with van der Waals surface area (Å²) in [5, 5.41) is 9.40. The van der Waals surface area contributed by atoms with E-state index in [1.54, 1.807) is 0 Å². The van der Waals surface area contributed by atoms with Gasteiger partial charge in [0.1, 0.15) is 5.70 Å². The van der Waals surface area contributed by atoms with Crippen LogP contribution in [0.2, 0.25) is 0 Å². The highest BCUT2D eigenvalue weighted by Gasteiger charge is 2.38. The van der Waals surface area contributed by atoms with Crippen LogP contribution in [0.5, 0.6) is 0 Å². The molecule has 122 valence electrons. The van der Waals surface area contributed by atoms with Crippen LogP contribution in [0.15, 0.2) is 16.2 Å². The molecule has 0 radical (unpaired) electrons. The smallest absolute Gasteiger partial charge is 0.353 e. The zero-order valence-electron chi connectivity index (χ0n) is 12.7. The van der Waals surface area contributed by atoms with Gasteiger partial charge >= 0.3 is 16.2 Å². The molecule has 0 saturated heterocycles. The van der Waals surface area contributed by atoms with Gasteiger partial charge in [0.25, 0.3) is 0 Å². The molecule has 1 aliphatic heterocycles. The summed E-state index contributed by atoms with van der Waals surface area (Å²) in [6.45, 7) is 2.42. The highest BCUT2D eigenvalue weighted by molar-refractivity contribution is 7.88. The van der Waals surface area contributed by atoms with Gasteiger partial charge in [0.05, 0.1) is 5.71 Å². The SMILES string of the molecule is CC1CCC(C2=NS(=O)(=O)N(CC3CC3)C(C(=O)O)=C2)CC1. The van der Waals surface area contributed by atoms with Gasteiger partial charge in [-0.05, 0) is 43.6 Å². The van der Waals surface area contributed by atoms with Crippen LogP contribution in [0.3, 0.4) is 0 Å². The van der Waals surface area contributed by atoms with E-state index in [0.717, 1.165) is 42.8 Å². The fourth-order valence-electron chi connectivity index (χ4n) is 3.19. The van der Waals surface area contributed by atoms with Crippen LogP contribution in [0.25, 0.3) is 0 Å². The van der Waals surface area contributed by atoms with Crippen LogP contribution < -0.4 is 0 Å². The summed E-state index contributed by atoms with van der Waals surface area (Å²) < 4.78 is 29.7. The van der Waals surface area contributed by atoms with Crippen molar-refractivity contribution in [2.45, 2.75) is 45.4 Å². The Morgan fingerprint density at radius 1 is 1.27 bits per heavy atom. The van der Waals surface area contributed by atoms with Crippen molar-refractivity contribution in [2.75, 3.05) is 6.54 Å². The predicted molar refractivity (Wildman–Crippen MR) is 82.6 cm³/mol. The first kappa shape index (κ1) is 15.5. The minimum atomic E-state index is -3.91. The Labute approximate surface area is 131 Å². The quantitative estimate of drug-likeness (QED) is 0.858. The van der Waals surface area contributed by atoms with Crippen molar-refractivity contribution in [2.24, 2.45) is 22.2 Å². The Kier molecular flexibility index (Phi) is 4.01. The van der Waals surface area contributed by atoms with E-state index in [1.807, 2.05) is 0 Å². The van der Waals surface area contributed by atoms with E-state index >= 15 is 0 Å². The molecule has 0 atom stereocenters. The average Bonchev–Trinajstić information content (AvgIpc) is 3.25. The molecule has 3 rings (SSSR count). The van der Waals surface area contributed by atoms with Crippen LogP contribution in [0.4, 0.5) is 0 Å². The van der Waals surface area contributed by atoms with Gasteiger partial charge < -0.3 is 5.11 Å². The van der Waals surface area contributed by atoms with Gasteiger partial charge in [-0.15, -0.1) is 4.40 Å². The molecule has 1 heterocycles. The molecule has 7 heteroatoms. The molecule has 1 N–H and O–H groups in total. The molecule has 0 amide bonds. The molecule has 22 heavy (non-hydrogen) atoms. The fourth-order valence-corrected chi connectivity index (χ4v) is 4.53. The summed E-state index contributed by atoms with van der Waals surface area (Å²) in [6.07, 6.45) is 7.21. The zero-order valence-corrected chi connectivity index (χ0v) is 13.6. The molecule has 3 aliphatic rings. The number of hydrogen-bond donors (Lipinski definition) is 1. The van der Waals surface area contributed by atoms with Gasteiger partial charge in [-0.2, -0.15) is 8.42 Å². The Hall–Kier alpha value is -1.37. The van der Waals surface area contributed by atoms with Crippen LogP contribution in [0, 0.1) is 17.8 Å². The molecule has 0 bridgehead atoms. The number of carboxylic acids is 1. The highest BCUT2D eigenvalue weighted by Crippen LogP contribution is 2.35. The maximum atomic E-state index is 12.4. The van der Waals surface area contributed by atoms with Crippen LogP contribution >= 0.6 is 0 Å². The molecule has 2 aliphatic carbocycles. The predicted octanol–water partition coefficient (Wildman–Crippen LogP) is 2.19. The van der Waals surface area contributed by atoms with Crippen molar-refractivity contribution in [3.05, 3.63) is 11.8 Å². The lowest BCUT2D eigenvalue weighted by atomic mass is 9.80. The highest BCUT2D eigenvalue weighted by atomic mass is 32.2. The molecule has 0 spiro atoms. The summed E-state index contributed by atoms with van der Waals surface area (Å²) in [7, 11) is -3.91. The first-order chi connectivity index (χ1) is 10.4. The third-order valence-corrected chi connectivity index (χ3v) is 6.17. The summed E-state index contributed by atoms with van der Waals surface area (Å²) in [6, 6.07) is 0. The number of allylic oxidation sites excluding steroid dienone is 1. The third kappa shape index (κ3) is 3.19. The molecular weight excluding hydrogens is 304 g/mol. The number of nitrogens with zero attached hydrogens (tertiary/aromatic N) is 2. The second kappa shape index (κ2) is 5.68. The van der Waals surface area contributed by atoms with Crippen molar-refractivity contribution >= 4 is 21.9 Å². The van der Waals surface area contributed by atoms with Crippen LogP contribution in [-0.2, 0) is 15.0 Å². The molecule has 2 fully saturated rings. The summed E-state index contributed by atoms with van der Waals surface area (Å²) in [4.78, 5) is 11.5. The molecule has 6 nitrogen and oxygen atoms in total. The summed E-state index contributed by atoms with van der Waals surface area (Å²) in [5.74, 6) is -0.222. The van der Waals surface area contributed by atoms with E-state index in [4.69, 9.17) is 0 Å². The average molecular weight is 326 g/mol. The lowest BCUT2D eigenvalue weighted by molar-refractivity contribution is -0.133. The molecule has 0 unspecified atom stereocenters.